The van der Waals surface area contributed by atoms with Gasteiger partial charge >= 0.3 is 0 Å². The molecule has 0 amide bonds. The Hall–Kier alpha value is -2.61. The topological polar surface area (TPSA) is 25.8 Å². The first-order valence-electron chi connectivity index (χ1n) is 12.9. The van der Waals surface area contributed by atoms with Crippen molar-refractivity contribution in [1.82, 2.24) is 9.97 Å². The largest absolute Gasteiger partial charge is 0.305 e. The first kappa shape index (κ1) is 19.8. The molecule has 2 aromatic heterocycles. The summed E-state index contributed by atoms with van der Waals surface area (Å²) in [6.07, 6.45) is 5.84. The fourth-order valence-electron chi connectivity index (χ4n) is 4.04. The molecule has 0 fully saturated rings. The van der Waals surface area contributed by atoms with Crippen LogP contribution in [0.1, 0.15) is 57.1 Å². The molecule has 33 heavy (non-hydrogen) atoms. The number of benzene rings is 2. The minimum absolute atomic E-state index is 0. The Balaban J connectivity index is 0.000000246. The molecule has 2 nitrogen and oxygen atoms in total. The van der Waals surface area contributed by atoms with Crippen LogP contribution in [0.4, 0.5) is 0 Å². The summed E-state index contributed by atoms with van der Waals surface area (Å²) >= 11 is 0. The van der Waals surface area contributed by atoms with Crippen molar-refractivity contribution in [2.75, 3.05) is 0 Å². The quantitative estimate of drug-likeness (QED) is 0.219. The molecule has 0 saturated carbocycles. The first-order valence-corrected chi connectivity index (χ1v) is 10.9. The summed E-state index contributed by atoms with van der Waals surface area (Å²) in [6, 6.07) is 20.8. The fourth-order valence-corrected chi connectivity index (χ4v) is 4.04. The molecule has 3 heteroatoms. The zero-order chi connectivity index (χ0) is 26.1. The molecule has 2 aromatic carbocycles. The molecular formula is C30H30IrN2-2. The number of pyridine rings is 2. The van der Waals surface area contributed by atoms with Crippen LogP contribution in [-0.2, 0) is 30.9 Å². The second kappa shape index (κ2) is 10.5. The van der Waals surface area contributed by atoms with Crippen LogP contribution in [0.3, 0.4) is 0 Å². The van der Waals surface area contributed by atoms with Gasteiger partial charge in [-0.05, 0) is 55.0 Å². The van der Waals surface area contributed by atoms with Crippen LogP contribution in [-0.4, -0.2) is 9.97 Å². The molecule has 0 atom stereocenters. The van der Waals surface area contributed by atoms with E-state index >= 15 is 0 Å². The SMILES string of the molecule is [2H]c1[c-]c(-c2cc3c(cn2)C(C)(C)CCC3(C)C)c([2H])c([2H])c1[2H].[Ir].[c-]1ccccc1-c1ccccn1. The van der Waals surface area contributed by atoms with Gasteiger partial charge in [-0.3, -0.25) is 0 Å². The Morgan fingerprint density at radius 3 is 2.27 bits per heavy atom. The summed E-state index contributed by atoms with van der Waals surface area (Å²) < 4.78 is 31.5. The van der Waals surface area contributed by atoms with Gasteiger partial charge in [0.15, 0.2) is 0 Å². The summed E-state index contributed by atoms with van der Waals surface area (Å²) in [6.45, 7) is 8.89. The third-order valence-electron chi connectivity index (χ3n) is 6.14. The van der Waals surface area contributed by atoms with Crippen molar-refractivity contribution in [1.29, 1.82) is 0 Å². The van der Waals surface area contributed by atoms with Crippen LogP contribution < -0.4 is 0 Å². The molecular weight excluding hydrogens is 581 g/mol. The van der Waals surface area contributed by atoms with Crippen LogP contribution in [0.25, 0.3) is 22.5 Å². The molecule has 1 aliphatic carbocycles. The maximum atomic E-state index is 8.13. The van der Waals surface area contributed by atoms with Crippen LogP contribution in [0.2, 0.25) is 0 Å². The van der Waals surface area contributed by atoms with E-state index in [9.17, 15) is 0 Å². The molecule has 0 spiro atoms. The maximum absolute atomic E-state index is 8.13. The minimum atomic E-state index is -0.261. The number of fused-ring (bicyclic) bond motifs is 1. The average molecular weight is 615 g/mol. The van der Waals surface area contributed by atoms with Crippen LogP contribution in [0.15, 0.2) is 85.1 Å². The smallest absolute Gasteiger partial charge is 0.0406 e. The van der Waals surface area contributed by atoms with Gasteiger partial charge in [0.25, 0.3) is 0 Å². The minimum Gasteiger partial charge on any atom is -0.305 e. The van der Waals surface area contributed by atoms with Gasteiger partial charge in [-0.15, -0.1) is 71.7 Å². The predicted molar refractivity (Wildman–Crippen MR) is 132 cm³/mol. The van der Waals surface area contributed by atoms with Crippen molar-refractivity contribution in [2.24, 2.45) is 0 Å². The van der Waals surface area contributed by atoms with E-state index in [1.807, 2.05) is 54.7 Å². The summed E-state index contributed by atoms with van der Waals surface area (Å²) in [5, 5.41) is 0. The molecule has 171 valence electrons. The molecule has 4 aromatic rings. The molecule has 2 heterocycles. The fraction of sp³-hybridized carbons (Fsp3) is 0.267. The summed E-state index contributed by atoms with van der Waals surface area (Å²) in [5.74, 6) is 0. The average Bonchev–Trinajstić information content (AvgIpc) is 2.89. The zero-order valence-electron chi connectivity index (χ0n) is 23.4. The Bertz CT molecular complexity index is 1340. The van der Waals surface area contributed by atoms with Gasteiger partial charge in [-0.25, -0.2) is 0 Å². The molecule has 0 bridgehead atoms. The van der Waals surface area contributed by atoms with Crippen LogP contribution in [0, 0.1) is 12.1 Å². The van der Waals surface area contributed by atoms with E-state index in [0.29, 0.717) is 11.3 Å². The molecule has 0 N–H and O–H groups in total. The van der Waals surface area contributed by atoms with Crippen molar-refractivity contribution in [3.63, 3.8) is 0 Å². The van der Waals surface area contributed by atoms with Gasteiger partial charge < -0.3 is 9.97 Å². The van der Waals surface area contributed by atoms with Gasteiger partial charge in [0, 0.05) is 35.2 Å². The van der Waals surface area contributed by atoms with Crippen molar-refractivity contribution in [3.05, 3.63) is 108 Å². The van der Waals surface area contributed by atoms with Crippen molar-refractivity contribution in [2.45, 2.75) is 51.4 Å². The van der Waals surface area contributed by atoms with E-state index in [-0.39, 0.29) is 55.1 Å². The predicted octanol–water partition coefficient (Wildman–Crippen LogP) is 7.44. The normalized spacial score (nSPS) is 17.0. The van der Waals surface area contributed by atoms with Crippen molar-refractivity contribution < 1.29 is 25.6 Å². The second-order valence-electron chi connectivity index (χ2n) is 9.37. The van der Waals surface area contributed by atoms with Crippen molar-refractivity contribution >= 4 is 0 Å². The third kappa shape index (κ3) is 5.85. The van der Waals surface area contributed by atoms with E-state index in [0.717, 1.165) is 24.1 Å². The third-order valence-corrected chi connectivity index (χ3v) is 6.14. The second-order valence-corrected chi connectivity index (χ2v) is 9.37. The van der Waals surface area contributed by atoms with Gasteiger partial charge in [0.05, 0.1) is 0 Å². The number of aromatic nitrogens is 2. The molecule has 1 aliphatic rings. The molecule has 1 radical (unpaired) electrons. The summed E-state index contributed by atoms with van der Waals surface area (Å²) in [4.78, 5) is 8.73. The van der Waals surface area contributed by atoms with Gasteiger partial charge in [0.2, 0.25) is 0 Å². The maximum Gasteiger partial charge on any atom is 0.0406 e. The van der Waals surface area contributed by atoms with E-state index in [1.54, 1.807) is 6.20 Å². The van der Waals surface area contributed by atoms with Gasteiger partial charge in [-0.1, -0.05) is 45.9 Å². The van der Waals surface area contributed by atoms with E-state index in [1.165, 1.54) is 11.1 Å². The monoisotopic (exact) mass is 615 g/mol. The van der Waals surface area contributed by atoms with E-state index in [2.05, 4.69) is 49.8 Å². The van der Waals surface area contributed by atoms with Crippen LogP contribution >= 0.6 is 0 Å². The Morgan fingerprint density at radius 1 is 0.818 bits per heavy atom. The molecule has 0 aliphatic heterocycles. The standard InChI is InChI=1S/C19H22N.C11H8N.Ir/c1-18(2)10-11-19(3,4)16-13-20-17(12-15(16)18)14-8-6-5-7-9-14;1-2-6-10(7-3-1)11-8-4-5-9-12-11;/h5-8,12-13H,10-11H2,1-4H3;1-6,8-9H;/q2*-1;/i5D,6D,7D,8D;;. The number of nitrogens with zero attached hydrogens (tertiary/aromatic N) is 2. The van der Waals surface area contributed by atoms with Gasteiger partial charge in [-0.2, -0.15) is 0 Å². The van der Waals surface area contributed by atoms with Crippen molar-refractivity contribution in [3.8, 4) is 22.5 Å². The van der Waals surface area contributed by atoms with Gasteiger partial charge in [0.1, 0.15) is 0 Å². The number of rotatable bonds is 2. The van der Waals surface area contributed by atoms with E-state index in [4.69, 9.17) is 5.48 Å². The first-order chi connectivity index (χ1) is 17.0. The van der Waals surface area contributed by atoms with Crippen LogP contribution in [0.5, 0.6) is 0 Å². The summed E-state index contributed by atoms with van der Waals surface area (Å²) in [5.41, 5.74) is 5.43. The molecule has 0 saturated heterocycles. The Kier molecular flexibility index (Phi) is 6.34. The number of hydrogen-bond acceptors (Lipinski definition) is 2. The Morgan fingerprint density at radius 2 is 1.58 bits per heavy atom. The van der Waals surface area contributed by atoms with E-state index < -0.39 is 0 Å². The number of hydrogen-bond donors (Lipinski definition) is 0. The Labute approximate surface area is 217 Å². The summed E-state index contributed by atoms with van der Waals surface area (Å²) in [7, 11) is 0. The molecule has 5 rings (SSSR count). The molecule has 0 unspecified atom stereocenters. The zero-order valence-corrected chi connectivity index (χ0v) is 21.8.